The number of benzene rings is 3. The van der Waals surface area contributed by atoms with Crippen molar-refractivity contribution in [2.75, 3.05) is 30.1 Å². The van der Waals surface area contributed by atoms with Gasteiger partial charge in [-0.3, -0.25) is 19.4 Å². The summed E-state index contributed by atoms with van der Waals surface area (Å²) in [6, 6.07) is 14.2. The van der Waals surface area contributed by atoms with Gasteiger partial charge in [-0.05, 0) is 67.8 Å². The van der Waals surface area contributed by atoms with E-state index in [9.17, 15) is 18.8 Å². The fourth-order valence-electron chi connectivity index (χ4n) is 4.58. The summed E-state index contributed by atoms with van der Waals surface area (Å²) < 4.78 is 45.7. The van der Waals surface area contributed by atoms with Gasteiger partial charge in [0, 0.05) is 47.8 Å². The molecule has 5 rings (SSSR count). The lowest BCUT2D eigenvalue weighted by molar-refractivity contribution is -0.131. The monoisotopic (exact) mass is 647 g/mol. The quantitative estimate of drug-likeness (QED) is 0.0884. The number of anilines is 2. The molecule has 9 nitrogen and oxygen atoms in total. The van der Waals surface area contributed by atoms with Gasteiger partial charge in [0.05, 0.1) is 12.6 Å². The van der Waals surface area contributed by atoms with E-state index in [0.717, 1.165) is 12.5 Å². The van der Waals surface area contributed by atoms with Crippen LogP contribution in [0, 0.1) is 17.0 Å². The van der Waals surface area contributed by atoms with E-state index in [0.29, 0.717) is 52.4 Å². The number of methoxy groups -OCH3 is 1. The second-order valence-electron chi connectivity index (χ2n) is 10.5. The molecule has 0 saturated heterocycles. The van der Waals surface area contributed by atoms with Crippen LogP contribution in [0.2, 0.25) is 0 Å². The van der Waals surface area contributed by atoms with Gasteiger partial charge in [-0.15, -0.1) is 0 Å². The SMILES string of the molecule is COc1cc2c(Oc3ccc(NC(=O)C4(C(=O)Nc5ccc(F)cc5)CC4)cc3F)ccnc2cc1OC/C=C/CCSC(C)=O. The minimum atomic E-state index is -1.29. The Bertz CT molecular complexity index is 1790. The number of fused-ring (bicyclic) bond motifs is 1. The van der Waals surface area contributed by atoms with E-state index in [4.69, 9.17) is 14.2 Å². The van der Waals surface area contributed by atoms with Crippen molar-refractivity contribution in [1.29, 1.82) is 0 Å². The van der Waals surface area contributed by atoms with E-state index in [1.807, 2.05) is 12.2 Å². The molecule has 4 aromatic rings. The molecule has 46 heavy (non-hydrogen) atoms. The van der Waals surface area contributed by atoms with Crippen molar-refractivity contribution >= 4 is 51.0 Å². The van der Waals surface area contributed by atoms with E-state index in [1.54, 1.807) is 18.2 Å². The van der Waals surface area contributed by atoms with Crippen LogP contribution in [0.4, 0.5) is 20.2 Å². The fraction of sp³-hybridized carbons (Fsp3) is 0.235. The van der Waals surface area contributed by atoms with Gasteiger partial charge in [0.1, 0.15) is 23.6 Å². The molecule has 3 aromatic carbocycles. The number of hydrogen-bond donors (Lipinski definition) is 2. The van der Waals surface area contributed by atoms with Gasteiger partial charge in [0.15, 0.2) is 28.2 Å². The van der Waals surface area contributed by atoms with E-state index >= 15 is 4.39 Å². The first-order chi connectivity index (χ1) is 22.2. The Morgan fingerprint density at radius 1 is 0.891 bits per heavy atom. The number of carbonyl (C=O) groups excluding carboxylic acids is 3. The van der Waals surface area contributed by atoms with Crippen LogP contribution in [0.3, 0.4) is 0 Å². The largest absolute Gasteiger partial charge is 0.493 e. The molecule has 0 aliphatic heterocycles. The predicted molar refractivity (Wildman–Crippen MR) is 172 cm³/mol. The first-order valence-corrected chi connectivity index (χ1v) is 15.4. The first-order valence-electron chi connectivity index (χ1n) is 14.4. The van der Waals surface area contributed by atoms with Crippen molar-refractivity contribution in [3.8, 4) is 23.0 Å². The van der Waals surface area contributed by atoms with Crippen molar-refractivity contribution in [2.45, 2.75) is 26.2 Å². The highest BCUT2D eigenvalue weighted by Gasteiger charge is 2.56. The standard InChI is InChI=1S/C34H31F2N3O6S/c1-21(40)46-17-5-3-4-16-44-31-20-27-25(19-30(31)43-2)28(12-15-37-27)45-29-11-10-24(18-26(29)36)39-33(42)34(13-14-34)32(41)38-23-8-6-22(35)7-9-23/h3-4,6-12,15,18-20H,5,13-14,16-17H2,1-2H3,(H,38,41)(H,39,42)/b4-3+. The molecule has 12 heteroatoms. The smallest absolute Gasteiger partial charge is 0.240 e. The molecular weight excluding hydrogens is 616 g/mol. The Hall–Kier alpha value is -4.97. The third kappa shape index (κ3) is 7.81. The minimum Gasteiger partial charge on any atom is -0.493 e. The molecule has 1 heterocycles. The van der Waals surface area contributed by atoms with Crippen molar-refractivity contribution in [2.24, 2.45) is 5.41 Å². The molecule has 2 N–H and O–H groups in total. The molecule has 238 valence electrons. The van der Waals surface area contributed by atoms with Crippen LogP contribution in [-0.4, -0.2) is 41.4 Å². The second kappa shape index (κ2) is 14.4. The van der Waals surface area contributed by atoms with Crippen LogP contribution in [0.25, 0.3) is 10.9 Å². The molecule has 0 radical (unpaired) electrons. The minimum absolute atomic E-state index is 0.0835. The number of allylic oxidation sites excluding steroid dienone is 1. The number of rotatable bonds is 13. The maximum atomic E-state index is 15.2. The van der Waals surface area contributed by atoms with Crippen LogP contribution >= 0.6 is 11.8 Å². The second-order valence-corrected chi connectivity index (χ2v) is 11.8. The number of halogens is 2. The highest BCUT2D eigenvalue weighted by atomic mass is 32.2. The molecule has 1 aliphatic carbocycles. The molecule has 1 aliphatic rings. The number of pyridine rings is 1. The molecule has 0 bridgehead atoms. The van der Waals surface area contributed by atoms with Gasteiger partial charge >= 0.3 is 0 Å². The van der Waals surface area contributed by atoms with E-state index in [1.165, 1.54) is 68.4 Å². The summed E-state index contributed by atoms with van der Waals surface area (Å²) in [5.41, 5.74) is -0.227. The van der Waals surface area contributed by atoms with Crippen LogP contribution in [0.15, 0.2) is 79.0 Å². The number of hydrogen-bond acceptors (Lipinski definition) is 8. The Balaban J connectivity index is 1.24. The Kier molecular flexibility index (Phi) is 10.2. The first kappa shape index (κ1) is 32.4. The zero-order chi connectivity index (χ0) is 32.7. The average Bonchev–Trinajstić information content (AvgIpc) is 3.85. The number of aromatic nitrogens is 1. The number of ether oxygens (including phenoxy) is 3. The van der Waals surface area contributed by atoms with Crippen molar-refractivity contribution in [3.63, 3.8) is 0 Å². The summed E-state index contributed by atoms with van der Waals surface area (Å²) in [4.78, 5) is 41.3. The van der Waals surface area contributed by atoms with E-state index in [-0.39, 0.29) is 23.2 Å². The Morgan fingerprint density at radius 3 is 2.28 bits per heavy atom. The normalized spacial score (nSPS) is 13.3. The zero-order valence-corrected chi connectivity index (χ0v) is 25.9. The molecule has 1 aromatic heterocycles. The maximum absolute atomic E-state index is 15.2. The summed E-state index contributed by atoms with van der Waals surface area (Å²) >= 11 is 1.27. The lowest BCUT2D eigenvalue weighted by Gasteiger charge is -2.16. The fourth-order valence-corrected chi connectivity index (χ4v) is 5.12. The van der Waals surface area contributed by atoms with Gasteiger partial charge in [0.25, 0.3) is 0 Å². The van der Waals surface area contributed by atoms with Gasteiger partial charge in [-0.1, -0.05) is 23.9 Å². The average molecular weight is 648 g/mol. The number of thioether (sulfide) groups is 1. The highest BCUT2D eigenvalue weighted by Crippen LogP contribution is 2.47. The molecule has 0 spiro atoms. The number of amides is 2. The van der Waals surface area contributed by atoms with E-state index < -0.39 is 28.9 Å². The molecular formula is C34H31F2N3O6S. The zero-order valence-electron chi connectivity index (χ0n) is 25.1. The third-order valence-corrected chi connectivity index (χ3v) is 8.06. The molecule has 0 atom stereocenters. The summed E-state index contributed by atoms with van der Waals surface area (Å²) in [5.74, 6) is -0.416. The van der Waals surface area contributed by atoms with Crippen molar-refractivity contribution < 1.29 is 37.4 Å². The van der Waals surface area contributed by atoms with Gasteiger partial charge in [0.2, 0.25) is 11.8 Å². The topological polar surface area (TPSA) is 116 Å². The van der Waals surface area contributed by atoms with Gasteiger partial charge in [-0.25, -0.2) is 8.78 Å². The van der Waals surface area contributed by atoms with Crippen LogP contribution in [0.5, 0.6) is 23.0 Å². The Morgan fingerprint density at radius 2 is 1.61 bits per heavy atom. The molecule has 0 unspecified atom stereocenters. The maximum Gasteiger partial charge on any atom is 0.240 e. The lowest BCUT2D eigenvalue weighted by atomic mass is 10.0. The Labute approximate surface area is 268 Å². The summed E-state index contributed by atoms with van der Waals surface area (Å²) in [7, 11) is 1.50. The number of carbonyl (C=O) groups is 3. The van der Waals surface area contributed by atoms with Crippen LogP contribution in [-0.2, 0) is 14.4 Å². The molecule has 1 fully saturated rings. The summed E-state index contributed by atoms with van der Waals surface area (Å²) in [6.45, 7) is 1.83. The van der Waals surface area contributed by atoms with E-state index in [2.05, 4.69) is 15.6 Å². The number of nitrogens with zero attached hydrogens (tertiary/aromatic N) is 1. The summed E-state index contributed by atoms with van der Waals surface area (Å²) in [5, 5.41) is 5.90. The van der Waals surface area contributed by atoms with Crippen LogP contribution in [0.1, 0.15) is 26.2 Å². The molecule has 1 saturated carbocycles. The highest BCUT2D eigenvalue weighted by molar-refractivity contribution is 8.13. The van der Waals surface area contributed by atoms with Gasteiger partial charge < -0.3 is 24.8 Å². The third-order valence-electron chi connectivity index (χ3n) is 7.21. The molecule has 2 amide bonds. The number of nitrogens with one attached hydrogen (secondary N) is 2. The lowest BCUT2D eigenvalue weighted by Crippen LogP contribution is -2.35. The summed E-state index contributed by atoms with van der Waals surface area (Å²) in [6.07, 6.45) is 6.73. The van der Waals surface area contributed by atoms with Gasteiger partial charge in [-0.2, -0.15) is 0 Å². The van der Waals surface area contributed by atoms with Crippen molar-refractivity contribution in [3.05, 3.63) is 90.6 Å². The van der Waals surface area contributed by atoms with Crippen LogP contribution < -0.4 is 24.8 Å². The van der Waals surface area contributed by atoms with Crippen molar-refractivity contribution in [1.82, 2.24) is 4.98 Å². The predicted octanol–water partition coefficient (Wildman–Crippen LogP) is 7.28.